The molecule has 2 unspecified atom stereocenters. The van der Waals surface area contributed by atoms with Crippen LogP contribution in [0.1, 0.15) is 36.0 Å². The van der Waals surface area contributed by atoms with Crippen LogP contribution >= 0.6 is 23.2 Å². The van der Waals surface area contributed by atoms with E-state index in [9.17, 15) is 4.79 Å². The molecule has 1 aliphatic rings. The van der Waals surface area contributed by atoms with Crippen LogP contribution in [-0.4, -0.2) is 25.3 Å². The first-order valence-corrected chi connectivity index (χ1v) is 7.25. The summed E-state index contributed by atoms with van der Waals surface area (Å²) in [5, 5.41) is 0.609. The van der Waals surface area contributed by atoms with Crippen LogP contribution in [0.15, 0.2) is 12.1 Å². The normalized spacial score (nSPS) is 22.6. The van der Waals surface area contributed by atoms with Crippen molar-refractivity contribution in [1.82, 2.24) is 0 Å². The van der Waals surface area contributed by atoms with E-state index in [1.807, 2.05) is 0 Å². The number of methoxy groups -OCH3 is 1. The number of carbonyl (C=O) groups is 1. The number of rotatable bonds is 3. The van der Waals surface area contributed by atoms with Gasteiger partial charge in [-0.3, -0.25) is 0 Å². The molecule has 1 saturated carbocycles. The van der Waals surface area contributed by atoms with Crippen molar-refractivity contribution in [2.45, 2.75) is 37.9 Å². The second-order valence-electron chi connectivity index (χ2n) is 4.90. The first kappa shape index (κ1) is 15.4. The number of hydrogen-bond donors (Lipinski definition) is 1. The number of nitrogens with two attached hydrogens (primary N) is 1. The van der Waals surface area contributed by atoms with Gasteiger partial charge in [0.1, 0.15) is 6.10 Å². The molecule has 6 heteroatoms. The molecule has 1 aliphatic carbocycles. The Morgan fingerprint density at radius 3 is 2.70 bits per heavy atom. The van der Waals surface area contributed by atoms with Gasteiger partial charge in [-0.1, -0.05) is 23.2 Å². The van der Waals surface area contributed by atoms with Gasteiger partial charge in [-0.25, -0.2) is 4.79 Å². The number of nitrogen functional groups attached to an aromatic ring is 1. The smallest absolute Gasteiger partial charge is 0.340 e. The highest BCUT2D eigenvalue weighted by atomic mass is 35.5. The number of halogens is 2. The van der Waals surface area contributed by atoms with Crippen LogP contribution in [0.3, 0.4) is 0 Å². The second-order valence-corrected chi connectivity index (χ2v) is 5.74. The molecule has 110 valence electrons. The van der Waals surface area contributed by atoms with Crippen molar-refractivity contribution in [1.29, 1.82) is 0 Å². The van der Waals surface area contributed by atoms with Gasteiger partial charge in [0, 0.05) is 18.6 Å². The van der Waals surface area contributed by atoms with E-state index < -0.39 is 5.97 Å². The number of carbonyl (C=O) groups excluding carboxylic acids is 1. The molecule has 2 rings (SSSR count). The maximum atomic E-state index is 12.2. The number of esters is 1. The Morgan fingerprint density at radius 1 is 1.30 bits per heavy atom. The van der Waals surface area contributed by atoms with Crippen molar-refractivity contribution < 1.29 is 14.3 Å². The monoisotopic (exact) mass is 317 g/mol. The summed E-state index contributed by atoms with van der Waals surface area (Å²) >= 11 is 11.8. The summed E-state index contributed by atoms with van der Waals surface area (Å²) in [5.74, 6) is -0.492. The molecule has 1 fully saturated rings. The van der Waals surface area contributed by atoms with E-state index in [2.05, 4.69) is 0 Å². The average molecular weight is 318 g/mol. The van der Waals surface area contributed by atoms with Crippen LogP contribution in [0.4, 0.5) is 5.69 Å². The Bertz CT molecular complexity index is 507. The number of anilines is 1. The zero-order valence-corrected chi connectivity index (χ0v) is 12.7. The summed E-state index contributed by atoms with van der Waals surface area (Å²) in [6, 6.07) is 2.97. The van der Waals surface area contributed by atoms with Crippen molar-refractivity contribution >= 4 is 34.9 Å². The Hall–Kier alpha value is -0.970. The van der Waals surface area contributed by atoms with Crippen LogP contribution in [0.2, 0.25) is 10.0 Å². The third kappa shape index (κ3) is 3.57. The van der Waals surface area contributed by atoms with Gasteiger partial charge in [0.05, 0.1) is 22.4 Å². The minimum absolute atomic E-state index is 0.141. The maximum absolute atomic E-state index is 12.2. The molecular weight excluding hydrogens is 301 g/mol. The van der Waals surface area contributed by atoms with Gasteiger partial charge in [-0.05, 0) is 31.4 Å². The summed E-state index contributed by atoms with van der Waals surface area (Å²) < 4.78 is 10.8. The predicted octanol–water partition coefficient (Wildman–Crippen LogP) is 3.69. The average Bonchev–Trinajstić information content (AvgIpc) is 2.43. The van der Waals surface area contributed by atoms with Crippen molar-refractivity contribution in [2.24, 2.45) is 0 Å². The molecule has 1 aromatic carbocycles. The lowest BCUT2D eigenvalue weighted by molar-refractivity contribution is -0.0148. The molecule has 0 spiro atoms. The Balaban J connectivity index is 2.08. The zero-order chi connectivity index (χ0) is 14.7. The topological polar surface area (TPSA) is 61.5 Å². The van der Waals surface area contributed by atoms with Crippen molar-refractivity contribution in [3.63, 3.8) is 0 Å². The highest BCUT2D eigenvalue weighted by Crippen LogP contribution is 2.30. The third-order valence-corrected chi connectivity index (χ3v) is 4.03. The first-order chi connectivity index (χ1) is 9.51. The molecule has 2 atom stereocenters. The third-order valence-electron chi connectivity index (χ3n) is 3.50. The van der Waals surface area contributed by atoms with Crippen molar-refractivity contribution in [3.05, 3.63) is 27.7 Å². The molecule has 2 N–H and O–H groups in total. The largest absolute Gasteiger partial charge is 0.459 e. The van der Waals surface area contributed by atoms with Gasteiger partial charge in [0.25, 0.3) is 0 Å². The summed E-state index contributed by atoms with van der Waals surface area (Å²) in [4.78, 5) is 12.2. The lowest BCUT2D eigenvalue weighted by Gasteiger charge is -2.28. The van der Waals surface area contributed by atoms with Crippen LogP contribution in [0.5, 0.6) is 0 Å². The summed E-state index contributed by atoms with van der Waals surface area (Å²) in [6.07, 6.45) is 3.49. The molecule has 0 radical (unpaired) electrons. The number of ether oxygens (including phenoxy) is 2. The first-order valence-electron chi connectivity index (χ1n) is 6.49. The summed E-state index contributed by atoms with van der Waals surface area (Å²) in [5.41, 5.74) is 6.20. The molecule has 0 amide bonds. The zero-order valence-electron chi connectivity index (χ0n) is 11.2. The fourth-order valence-electron chi connectivity index (χ4n) is 2.39. The van der Waals surface area contributed by atoms with E-state index >= 15 is 0 Å². The van der Waals surface area contributed by atoms with Gasteiger partial charge < -0.3 is 15.2 Å². The minimum atomic E-state index is -0.492. The standard InChI is InChI=1S/C14H17Cl2NO3/c1-19-9-3-2-4-10(7-9)20-14(18)11-5-8(15)6-12(16)13(11)17/h5-6,9-10H,2-4,7,17H2,1H3. The van der Waals surface area contributed by atoms with Gasteiger partial charge in [0.2, 0.25) is 0 Å². The van der Waals surface area contributed by atoms with Gasteiger partial charge in [0.15, 0.2) is 0 Å². The molecule has 0 saturated heterocycles. The van der Waals surface area contributed by atoms with Crippen LogP contribution < -0.4 is 5.73 Å². The summed E-state index contributed by atoms with van der Waals surface area (Å²) in [7, 11) is 1.67. The van der Waals surface area contributed by atoms with E-state index in [-0.39, 0.29) is 28.5 Å². The van der Waals surface area contributed by atoms with Gasteiger partial charge in [-0.2, -0.15) is 0 Å². The predicted molar refractivity (Wildman–Crippen MR) is 79.3 cm³/mol. The lowest BCUT2D eigenvalue weighted by Crippen LogP contribution is -2.29. The number of benzene rings is 1. The fourth-order valence-corrected chi connectivity index (χ4v) is 2.89. The second kappa shape index (κ2) is 6.66. The van der Waals surface area contributed by atoms with Crippen LogP contribution in [0, 0.1) is 0 Å². The highest BCUT2D eigenvalue weighted by Gasteiger charge is 2.26. The van der Waals surface area contributed by atoms with E-state index in [0.717, 1.165) is 19.3 Å². The molecule has 1 aromatic rings. The SMILES string of the molecule is COC1CCCC(OC(=O)c2cc(Cl)cc(Cl)c2N)C1. The molecule has 4 nitrogen and oxygen atoms in total. The van der Waals surface area contributed by atoms with Crippen molar-refractivity contribution in [2.75, 3.05) is 12.8 Å². The van der Waals surface area contributed by atoms with Crippen LogP contribution in [-0.2, 0) is 9.47 Å². The Kier molecular flexibility index (Phi) is 5.13. The number of hydrogen-bond acceptors (Lipinski definition) is 4. The van der Waals surface area contributed by atoms with E-state index in [0.29, 0.717) is 11.4 Å². The quantitative estimate of drug-likeness (QED) is 0.682. The van der Waals surface area contributed by atoms with E-state index in [4.69, 9.17) is 38.4 Å². The molecule has 0 bridgehead atoms. The van der Waals surface area contributed by atoms with Crippen molar-refractivity contribution in [3.8, 4) is 0 Å². The van der Waals surface area contributed by atoms with Gasteiger partial charge >= 0.3 is 5.97 Å². The molecular formula is C14H17Cl2NO3. The molecule has 0 heterocycles. The summed E-state index contributed by atoms with van der Waals surface area (Å²) in [6.45, 7) is 0. The van der Waals surface area contributed by atoms with E-state index in [1.54, 1.807) is 7.11 Å². The molecule has 0 aromatic heterocycles. The lowest BCUT2D eigenvalue weighted by atomic mass is 9.95. The molecule has 20 heavy (non-hydrogen) atoms. The maximum Gasteiger partial charge on any atom is 0.340 e. The van der Waals surface area contributed by atoms with Gasteiger partial charge in [-0.15, -0.1) is 0 Å². The molecule has 0 aliphatic heterocycles. The minimum Gasteiger partial charge on any atom is -0.459 e. The van der Waals surface area contributed by atoms with Crippen LogP contribution in [0.25, 0.3) is 0 Å². The highest BCUT2D eigenvalue weighted by molar-refractivity contribution is 6.37. The van der Waals surface area contributed by atoms with E-state index in [1.165, 1.54) is 12.1 Å². The fraction of sp³-hybridized carbons (Fsp3) is 0.500. The Labute approximate surface area is 128 Å². The Morgan fingerprint density at radius 2 is 2.00 bits per heavy atom.